The predicted octanol–water partition coefficient (Wildman–Crippen LogP) is 3.99. The zero-order valence-corrected chi connectivity index (χ0v) is 12.2. The van der Waals surface area contributed by atoms with E-state index < -0.39 is 0 Å². The van der Waals surface area contributed by atoms with E-state index in [2.05, 4.69) is 17.9 Å². The molecule has 4 heteroatoms. The van der Waals surface area contributed by atoms with Crippen LogP contribution in [0.3, 0.4) is 0 Å². The summed E-state index contributed by atoms with van der Waals surface area (Å²) >= 11 is 5.91. The molecule has 2 aromatic carbocycles. The Morgan fingerprint density at radius 3 is 2.45 bits per heavy atom. The summed E-state index contributed by atoms with van der Waals surface area (Å²) in [7, 11) is 1.96. The molecule has 0 aromatic heterocycles. The molecule has 1 atom stereocenters. The van der Waals surface area contributed by atoms with Crippen molar-refractivity contribution in [2.45, 2.75) is 13.0 Å². The molecule has 0 saturated carbocycles. The number of benzene rings is 2. The van der Waals surface area contributed by atoms with Crippen molar-refractivity contribution in [3.05, 3.63) is 58.6 Å². The van der Waals surface area contributed by atoms with Crippen molar-refractivity contribution in [2.75, 3.05) is 17.7 Å². The van der Waals surface area contributed by atoms with Crippen LogP contribution < -0.4 is 10.6 Å². The first-order chi connectivity index (χ1) is 9.52. The van der Waals surface area contributed by atoms with E-state index in [1.165, 1.54) is 0 Å². The first-order valence-corrected chi connectivity index (χ1v) is 6.68. The molecular weight excluding hydrogens is 270 g/mol. The van der Waals surface area contributed by atoms with Crippen molar-refractivity contribution in [1.82, 2.24) is 0 Å². The molecular formula is C16H16ClN3. The van der Waals surface area contributed by atoms with Gasteiger partial charge in [-0.1, -0.05) is 23.7 Å². The summed E-state index contributed by atoms with van der Waals surface area (Å²) in [5.41, 5.74) is 8.90. The summed E-state index contributed by atoms with van der Waals surface area (Å²) in [6.07, 6.45) is 0. The molecule has 3 nitrogen and oxygen atoms in total. The van der Waals surface area contributed by atoms with Crippen LogP contribution in [0.15, 0.2) is 42.5 Å². The average molecular weight is 286 g/mol. The third-order valence-electron chi connectivity index (χ3n) is 3.45. The molecule has 0 bridgehead atoms. The van der Waals surface area contributed by atoms with E-state index in [0.29, 0.717) is 16.3 Å². The maximum Gasteiger partial charge on any atom is 0.101 e. The number of nitrogens with two attached hydrogens (primary N) is 1. The van der Waals surface area contributed by atoms with Gasteiger partial charge >= 0.3 is 0 Å². The number of rotatable bonds is 3. The number of nitrogen functional groups attached to an aromatic ring is 1. The SMILES string of the molecule is CC(c1ccc(Cl)cc1)N(C)c1ccc(N)cc1C#N. The standard InChI is InChI=1S/C16H16ClN3/c1-11(12-3-5-14(17)6-4-12)20(2)16-8-7-15(19)9-13(16)10-18/h3-9,11H,19H2,1-2H3. The molecule has 0 fully saturated rings. The molecule has 102 valence electrons. The minimum absolute atomic E-state index is 0.128. The molecule has 0 aliphatic carbocycles. The van der Waals surface area contributed by atoms with Crippen molar-refractivity contribution in [3.63, 3.8) is 0 Å². The van der Waals surface area contributed by atoms with Gasteiger partial charge in [-0.3, -0.25) is 0 Å². The highest BCUT2D eigenvalue weighted by Crippen LogP contribution is 2.29. The predicted molar refractivity (Wildman–Crippen MR) is 83.8 cm³/mol. The maximum absolute atomic E-state index is 9.23. The van der Waals surface area contributed by atoms with E-state index in [-0.39, 0.29) is 6.04 Å². The Morgan fingerprint density at radius 2 is 1.85 bits per heavy atom. The van der Waals surface area contributed by atoms with E-state index in [1.807, 2.05) is 37.4 Å². The Labute approximate surface area is 124 Å². The number of nitriles is 1. The second-order valence-electron chi connectivity index (χ2n) is 4.73. The van der Waals surface area contributed by atoms with Crippen molar-refractivity contribution in [1.29, 1.82) is 5.26 Å². The van der Waals surface area contributed by atoms with Gasteiger partial charge in [-0.25, -0.2) is 0 Å². The van der Waals surface area contributed by atoms with E-state index in [0.717, 1.165) is 11.3 Å². The normalized spacial score (nSPS) is 11.7. The van der Waals surface area contributed by atoms with Gasteiger partial charge in [0.1, 0.15) is 6.07 Å². The molecule has 0 spiro atoms. The van der Waals surface area contributed by atoms with E-state index >= 15 is 0 Å². The number of halogens is 1. The molecule has 0 aliphatic heterocycles. The van der Waals surface area contributed by atoms with Crippen LogP contribution in [0.2, 0.25) is 5.02 Å². The lowest BCUT2D eigenvalue weighted by molar-refractivity contribution is 0.739. The number of hydrogen-bond acceptors (Lipinski definition) is 3. The van der Waals surface area contributed by atoms with Gasteiger partial charge in [-0.15, -0.1) is 0 Å². The van der Waals surface area contributed by atoms with Gasteiger partial charge in [0.25, 0.3) is 0 Å². The smallest absolute Gasteiger partial charge is 0.101 e. The topological polar surface area (TPSA) is 53.0 Å². The van der Waals surface area contributed by atoms with Gasteiger partial charge in [0, 0.05) is 17.8 Å². The van der Waals surface area contributed by atoms with E-state index in [4.69, 9.17) is 17.3 Å². The van der Waals surface area contributed by atoms with Gasteiger partial charge in [-0.2, -0.15) is 5.26 Å². The first kappa shape index (κ1) is 14.2. The maximum atomic E-state index is 9.23. The Kier molecular flexibility index (Phi) is 4.16. The Bertz CT molecular complexity index is 644. The monoisotopic (exact) mass is 285 g/mol. The third kappa shape index (κ3) is 2.87. The molecule has 2 aromatic rings. The van der Waals surface area contributed by atoms with Gasteiger partial charge < -0.3 is 10.6 Å². The van der Waals surface area contributed by atoms with Crippen LogP contribution in [0.5, 0.6) is 0 Å². The van der Waals surface area contributed by atoms with Crippen LogP contribution in [0.4, 0.5) is 11.4 Å². The molecule has 0 heterocycles. The molecule has 0 aliphatic rings. The number of nitrogens with zero attached hydrogens (tertiary/aromatic N) is 2. The van der Waals surface area contributed by atoms with Crippen molar-refractivity contribution >= 4 is 23.0 Å². The van der Waals surface area contributed by atoms with Gasteiger partial charge in [-0.05, 0) is 42.8 Å². The molecule has 0 amide bonds. The highest BCUT2D eigenvalue weighted by Gasteiger charge is 2.15. The summed E-state index contributed by atoms with van der Waals surface area (Å²) in [4.78, 5) is 2.06. The van der Waals surface area contributed by atoms with Gasteiger partial charge in [0.15, 0.2) is 0 Å². The second kappa shape index (κ2) is 5.85. The van der Waals surface area contributed by atoms with Gasteiger partial charge in [0.2, 0.25) is 0 Å². The average Bonchev–Trinajstić information content (AvgIpc) is 2.46. The zero-order valence-electron chi connectivity index (χ0n) is 11.5. The molecule has 1 unspecified atom stereocenters. The number of hydrogen-bond donors (Lipinski definition) is 1. The third-order valence-corrected chi connectivity index (χ3v) is 3.71. The quantitative estimate of drug-likeness (QED) is 0.868. The van der Waals surface area contributed by atoms with Crippen LogP contribution in [0.1, 0.15) is 24.1 Å². The van der Waals surface area contributed by atoms with Crippen LogP contribution >= 0.6 is 11.6 Å². The molecule has 0 saturated heterocycles. The fraction of sp³-hybridized carbons (Fsp3) is 0.188. The molecule has 20 heavy (non-hydrogen) atoms. The Balaban J connectivity index is 2.33. The van der Waals surface area contributed by atoms with Crippen LogP contribution in [0, 0.1) is 11.3 Å². The fourth-order valence-corrected chi connectivity index (χ4v) is 2.25. The lowest BCUT2D eigenvalue weighted by Gasteiger charge is -2.28. The lowest BCUT2D eigenvalue weighted by Crippen LogP contribution is -2.22. The number of anilines is 2. The van der Waals surface area contributed by atoms with Crippen molar-refractivity contribution in [3.8, 4) is 6.07 Å². The summed E-state index contributed by atoms with van der Waals surface area (Å²) < 4.78 is 0. The zero-order chi connectivity index (χ0) is 14.7. The van der Waals surface area contributed by atoms with Crippen LogP contribution in [-0.4, -0.2) is 7.05 Å². The summed E-state index contributed by atoms with van der Waals surface area (Å²) in [5.74, 6) is 0. The molecule has 0 radical (unpaired) electrons. The summed E-state index contributed by atoms with van der Waals surface area (Å²) in [5, 5.41) is 9.95. The first-order valence-electron chi connectivity index (χ1n) is 6.31. The minimum Gasteiger partial charge on any atom is -0.399 e. The summed E-state index contributed by atoms with van der Waals surface area (Å²) in [6, 6.07) is 15.4. The fourth-order valence-electron chi connectivity index (χ4n) is 2.12. The Hall–Kier alpha value is -2.18. The van der Waals surface area contributed by atoms with Crippen molar-refractivity contribution in [2.24, 2.45) is 0 Å². The summed E-state index contributed by atoms with van der Waals surface area (Å²) in [6.45, 7) is 2.08. The highest BCUT2D eigenvalue weighted by atomic mass is 35.5. The second-order valence-corrected chi connectivity index (χ2v) is 5.16. The Morgan fingerprint density at radius 1 is 1.20 bits per heavy atom. The molecule has 2 rings (SSSR count). The molecule has 2 N–H and O–H groups in total. The minimum atomic E-state index is 0.128. The van der Waals surface area contributed by atoms with E-state index in [1.54, 1.807) is 12.1 Å². The van der Waals surface area contributed by atoms with Crippen LogP contribution in [-0.2, 0) is 0 Å². The van der Waals surface area contributed by atoms with Crippen LogP contribution in [0.25, 0.3) is 0 Å². The highest BCUT2D eigenvalue weighted by molar-refractivity contribution is 6.30. The van der Waals surface area contributed by atoms with Crippen molar-refractivity contribution < 1.29 is 0 Å². The largest absolute Gasteiger partial charge is 0.399 e. The van der Waals surface area contributed by atoms with E-state index in [9.17, 15) is 5.26 Å². The van der Waals surface area contributed by atoms with Gasteiger partial charge in [0.05, 0.1) is 17.3 Å². The lowest BCUT2D eigenvalue weighted by atomic mass is 10.1.